The van der Waals surface area contributed by atoms with Gasteiger partial charge < -0.3 is 0 Å². The van der Waals surface area contributed by atoms with Gasteiger partial charge in [-0.3, -0.25) is 0 Å². The molecule has 0 aliphatic heterocycles. The van der Waals surface area contributed by atoms with E-state index >= 15 is 0 Å². The van der Waals surface area contributed by atoms with Gasteiger partial charge in [0.2, 0.25) is 0 Å². The quantitative estimate of drug-likeness (QED) is 0.152. The monoisotopic (exact) mass is 948 g/mol. The van der Waals surface area contributed by atoms with Crippen LogP contribution in [0.2, 0.25) is 10.0 Å². The molecule has 0 bridgehead atoms. The summed E-state index contributed by atoms with van der Waals surface area (Å²) < 4.78 is 1.04. The Morgan fingerprint density at radius 2 is 0.750 bits per heavy atom. The molecule has 0 N–H and O–H groups in total. The van der Waals surface area contributed by atoms with E-state index in [0.29, 0.717) is 0 Å². The first-order chi connectivity index (χ1) is 28.0. The zero-order valence-electron chi connectivity index (χ0n) is 37.2. The second kappa shape index (κ2) is 18.0. The van der Waals surface area contributed by atoms with Gasteiger partial charge in [0.15, 0.2) is 0 Å². The molecule has 0 radical (unpaired) electrons. The summed E-state index contributed by atoms with van der Waals surface area (Å²) in [6, 6.07) is 46.3. The van der Waals surface area contributed by atoms with Crippen LogP contribution >= 0.6 is 40.2 Å². The molecule has 0 heterocycles. The number of benzene rings is 6. The van der Waals surface area contributed by atoms with Crippen molar-refractivity contribution in [1.29, 1.82) is 0 Å². The van der Waals surface area contributed by atoms with Crippen molar-refractivity contribution in [3.63, 3.8) is 0 Å². The first-order valence-electron chi connectivity index (χ1n) is 20.8. The molecule has 0 fully saturated rings. The average Bonchev–Trinajstić information content (AvgIpc) is 3.87. The third kappa shape index (κ3) is 10.1. The molecule has 0 saturated carbocycles. The fourth-order valence-electron chi connectivity index (χ4n) is 8.22. The van der Waals surface area contributed by atoms with Gasteiger partial charge in [-0.2, -0.15) is 18.2 Å². The Hall–Kier alpha value is -3.03. The van der Waals surface area contributed by atoms with Crippen molar-refractivity contribution in [1.82, 2.24) is 0 Å². The van der Waals surface area contributed by atoms with Gasteiger partial charge in [-0.1, -0.05) is 117 Å². The molecule has 0 aliphatic carbocycles. The van der Waals surface area contributed by atoms with Crippen LogP contribution in [0.4, 0.5) is 0 Å². The van der Waals surface area contributed by atoms with Gasteiger partial charge in [0.1, 0.15) is 0 Å². The Balaban J connectivity index is 0.000000181. The van der Waals surface area contributed by atoms with Crippen LogP contribution in [-0.4, -0.2) is 3.21 Å². The molecular formula is C55H58Cl4Zr-2. The topological polar surface area (TPSA) is 0 Å². The van der Waals surface area contributed by atoms with E-state index in [1.807, 2.05) is 91.0 Å². The van der Waals surface area contributed by atoms with E-state index in [1.165, 1.54) is 43.8 Å². The fourth-order valence-corrected chi connectivity index (χ4v) is 13.2. The molecular weight excluding hydrogens is 894 g/mol. The zero-order chi connectivity index (χ0) is 43.9. The maximum Gasteiger partial charge on any atom is -0.172 e. The molecule has 0 atom stereocenters. The summed E-state index contributed by atoms with van der Waals surface area (Å²) in [6.45, 7) is 28.0. The van der Waals surface area contributed by atoms with Gasteiger partial charge in [0, 0.05) is 0 Å². The molecule has 8 rings (SSSR count). The maximum absolute atomic E-state index is 6.65. The van der Waals surface area contributed by atoms with Gasteiger partial charge in [-0.05, 0) is 21.7 Å². The summed E-state index contributed by atoms with van der Waals surface area (Å²) in [5.74, 6) is 0. The summed E-state index contributed by atoms with van der Waals surface area (Å²) in [6.07, 6.45) is 0. The minimum atomic E-state index is -2.84. The molecule has 0 saturated heterocycles. The largest absolute Gasteiger partial charge is 0.214 e. The normalized spacial score (nSPS) is 12.3. The van der Waals surface area contributed by atoms with Gasteiger partial charge in [-0.15, -0.1) is 39.7 Å². The molecule has 0 aliphatic rings. The molecule has 5 heteroatoms. The standard InChI is InChI=1S/C29H41.C21H12Cl2.C5H5.2ClH.Zr/c1-26(2,3)22-14-18-13-19-15-23(27(4,5)6)25(29(10,11)12)17-21(19)20(18)16-24(22)28(7,8)9;22-20-11-9-14(16-5-1-3-7-18(16)20)13-15-10-12-21(23)19-8-4-2-6-17(15)19;1-2-4-5-3-1;;;/h13-17H,1-12H3;1-12H;1-5H;2*1H;/q-1;;-1;;;+2/p-2. The average molecular weight is 952 g/mol. The minimum Gasteiger partial charge on any atom is -0.214 e. The fraction of sp³-hybridized carbons (Fsp3) is 0.291. The van der Waals surface area contributed by atoms with Crippen LogP contribution in [0, 0.1) is 0 Å². The minimum absolute atomic E-state index is 0.124. The van der Waals surface area contributed by atoms with E-state index in [-0.39, 0.29) is 21.7 Å². The van der Waals surface area contributed by atoms with E-state index in [2.05, 4.69) is 126 Å². The molecule has 0 unspecified atom stereocenters. The van der Waals surface area contributed by atoms with Crippen LogP contribution in [0.3, 0.4) is 0 Å². The molecule has 8 aromatic carbocycles. The summed E-state index contributed by atoms with van der Waals surface area (Å²) >= 11 is 9.96. The van der Waals surface area contributed by atoms with Gasteiger partial charge in [0.05, 0.1) is 0 Å². The smallest absolute Gasteiger partial charge is 0.172 e. The van der Waals surface area contributed by atoms with Gasteiger partial charge in [0.25, 0.3) is 0 Å². The third-order valence-electron chi connectivity index (χ3n) is 11.2. The van der Waals surface area contributed by atoms with Crippen molar-refractivity contribution in [2.24, 2.45) is 0 Å². The molecule has 0 amide bonds. The molecule has 0 spiro atoms. The Morgan fingerprint density at radius 3 is 1.05 bits per heavy atom. The summed E-state index contributed by atoms with van der Waals surface area (Å²) in [5, 5.41) is 11.1. The van der Waals surface area contributed by atoms with E-state index in [9.17, 15) is 0 Å². The molecule has 312 valence electrons. The van der Waals surface area contributed by atoms with E-state index in [0.717, 1.165) is 45.9 Å². The van der Waals surface area contributed by atoms with Gasteiger partial charge in [-0.25, -0.2) is 12.1 Å². The second-order valence-corrected chi connectivity index (χ2v) is 28.9. The predicted molar refractivity (Wildman–Crippen MR) is 267 cm³/mol. The van der Waals surface area contributed by atoms with Crippen LogP contribution in [0.5, 0.6) is 0 Å². The van der Waals surface area contributed by atoms with Crippen LogP contribution in [0.1, 0.15) is 116 Å². The van der Waals surface area contributed by atoms with E-state index in [4.69, 9.17) is 40.2 Å². The molecule has 0 nitrogen and oxygen atoms in total. The Bertz CT molecular complexity index is 2630. The number of rotatable bonds is 2. The predicted octanol–water partition coefficient (Wildman–Crippen LogP) is 18.1. The number of halogens is 4. The van der Waals surface area contributed by atoms with Crippen LogP contribution < -0.4 is 0 Å². The summed E-state index contributed by atoms with van der Waals surface area (Å²) in [5.41, 5.74) is 8.51. The van der Waals surface area contributed by atoms with Gasteiger partial charge >= 0.3 is 178 Å². The first kappa shape index (κ1) is 46.5. The van der Waals surface area contributed by atoms with Crippen molar-refractivity contribution in [3.8, 4) is 0 Å². The molecule has 0 aromatic heterocycles. The summed E-state index contributed by atoms with van der Waals surface area (Å²) in [4.78, 5) is 0. The third-order valence-corrected chi connectivity index (χ3v) is 16.4. The number of fused-ring (bicyclic) bond motifs is 5. The second-order valence-electron chi connectivity index (χ2n) is 20.0. The van der Waals surface area contributed by atoms with Crippen LogP contribution in [0.25, 0.3) is 43.1 Å². The van der Waals surface area contributed by atoms with Crippen molar-refractivity contribution in [2.75, 3.05) is 0 Å². The van der Waals surface area contributed by atoms with Crippen molar-refractivity contribution in [3.05, 3.63) is 177 Å². The van der Waals surface area contributed by atoms with Crippen LogP contribution in [0.15, 0.2) is 133 Å². The Morgan fingerprint density at radius 1 is 0.417 bits per heavy atom. The van der Waals surface area contributed by atoms with Crippen molar-refractivity contribution >= 4 is 86.5 Å². The van der Waals surface area contributed by atoms with Crippen LogP contribution in [-0.2, 0) is 40.5 Å². The maximum atomic E-state index is 6.65. The Kier molecular flexibility index (Phi) is 13.9. The Labute approximate surface area is 383 Å². The van der Waals surface area contributed by atoms with Crippen molar-refractivity contribution < 1.29 is 18.9 Å². The number of hydrogen-bond donors (Lipinski definition) is 0. The first-order valence-corrected chi connectivity index (χ1v) is 29.1. The summed E-state index contributed by atoms with van der Waals surface area (Å²) in [7, 11) is 13.3. The SMILES string of the molecule is CC(C)(C)c1cc2[cH-]c3cc(C(C)(C)C)c(C(C)(C)C)cc3c2cc1C(C)(C)C.Clc1ccc([C](c2ccc(Cl)c3ccccc23)=[Zr]([Cl])[Cl])c2ccccc12.c1cc[cH-]c1. The molecule has 60 heavy (non-hydrogen) atoms. The molecule has 8 aromatic rings. The van der Waals surface area contributed by atoms with Crippen molar-refractivity contribution in [2.45, 2.75) is 105 Å². The van der Waals surface area contributed by atoms with E-state index < -0.39 is 18.9 Å². The number of hydrogen-bond acceptors (Lipinski definition) is 0. The van der Waals surface area contributed by atoms with E-state index in [1.54, 1.807) is 0 Å². The zero-order valence-corrected chi connectivity index (χ0v) is 42.7.